The van der Waals surface area contributed by atoms with Gasteiger partial charge in [-0.2, -0.15) is 5.10 Å². The van der Waals surface area contributed by atoms with Gasteiger partial charge in [-0.25, -0.2) is 8.42 Å². The quantitative estimate of drug-likeness (QED) is 0.795. The van der Waals surface area contributed by atoms with E-state index in [2.05, 4.69) is 5.10 Å². The molecule has 6 nitrogen and oxygen atoms in total. The van der Waals surface area contributed by atoms with Gasteiger partial charge >= 0.3 is 0 Å². The van der Waals surface area contributed by atoms with Crippen molar-refractivity contribution in [3.63, 3.8) is 0 Å². The third kappa shape index (κ3) is 3.48. The number of carbonyl (C=O) groups excluding carboxylic acids is 1. The molecule has 0 aliphatic rings. The fourth-order valence-electron chi connectivity index (χ4n) is 1.89. The number of aryl methyl sites for hydroxylation is 1. The van der Waals surface area contributed by atoms with Gasteiger partial charge in [-0.15, -0.1) is 0 Å². The van der Waals surface area contributed by atoms with Crippen LogP contribution in [0.5, 0.6) is 0 Å². The molecule has 0 saturated heterocycles. The molecule has 2 N–H and O–H groups in total. The Morgan fingerprint density at radius 3 is 2.37 bits per heavy atom. The number of hydrogen-bond donors (Lipinski definition) is 1. The molecule has 8 heteroatoms. The molecule has 0 aromatic carbocycles. The summed E-state index contributed by atoms with van der Waals surface area (Å²) in [5.74, 6) is -0.883. The number of aromatic nitrogens is 2. The summed E-state index contributed by atoms with van der Waals surface area (Å²) in [6.07, 6.45) is 0.909. The second-order valence-corrected chi connectivity index (χ2v) is 6.86. The lowest BCUT2D eigenvalue weighted by atomic mass is 10.1. The fraction of sp³-hybridized carbons (Fsp3) is 0.636. The second-order valence-electron chi connectivity index (χ2n) is 4.35. The van der Waals surface area contributed by atoms with E-state index in [-0.39, 0.29) is 11.4 Å². The molecule has 0 aliphatic carbocycles. The Hall–Kier alpha value is -1.08. The Morgan fingerprint density at radius 1 is 1.42 bits per heavy atom. The molecule has 1 aromatic heterocycles. The van der Waals surface area contributed by atoms with Gasteiger partial charge in [0.1, 0.15) is 4.90 Å². The highest BCUT2D eigenvalue weighted by atomic mass is 35.7. The maximum Gasteiger partial charge on any atom is 0.264 e. The number of carbonyl (C=O) groups is 1. The zero-order valence-electron chi connectivity index (χ0n) is 11.2. The molecule has 108 valence electrons. The van der Waals surface area contributed by atoms with Crippen molar-refractivity contribution in [1.29, 1.82) is 0 Å². The van der Waals surface area contributed by atoms with Crippen LogP contribution in [-0.2, 0) is 33.2 Å². The van der Waals surface area contributed by atoms with E-state index in [1.807, 2.05) is 6.92 Å². The first kappa shape index (κ1) is 16.0. The monoisotopic (exact) mass is 307 g/mol. The minimum atomic E-state index is -3.85. The molecule has 0 aliphatic heterocycles. The van der Waals surface area contributed by atoms with E-state index < -0.39 is 20.9 Å². The van der Waals surface area contributed by atoms with Gasteiger partial charge in [0.2, 0.25) is 5.91 Å². The molecule has 1 rings (SSSR count). The average Bonchev–Trinajstić information content (AvgIpc) is 2.66. The molecular formula is C11H18ClN3O3S. The SMILES string of the molecule is CCc1nn(CC(C)C(N)=O)c(CC)c1S(=O)(=O)Cl. The van der Waals surface area contributed by atoms with Crippen molar-refractivity contribution in [2.45, 2.75) is 45.1 Å². The van der Waals surface area contributed by atoms with Gasteiger partial charge in [0.05, 0.1) is 23.9 Å². The van der Waals surface area contributed by atoms with Crippen LogP contribution in [0.3, 0.4) is 0 Å². The van der Waals surface area contributed by atoms with Gasteiger partial charge in [-0.05, 0) is 12.8 Å². The van der Waals surface area contributed by atoms with E-state index in [0.717, 1.165) is 0 Å². The topological polar surface area (TPSA) is 95.1 Å². The highest BCUT2D eigenvalue weighted by molar-refractivity contribution is 8.13. The highest BCUT2D eigenvalue weighted by Crippen LogP contribution is 2.26. The number of rotatable bonds is 6. The van der Waals surface area contributed by atoms with Crippen LogP contribution in [0, 0.1) is 5.92 Å². The zero-order chi connectivity index (χ0) is 14.8. The van der Waals surface area contributed by atoms with E-state index in [0.29, 0.717) is 24.2 Å². The minimum Gasteiger partial charge on any atom is -0.369 e. The summed E-state index contributed by atoms with van der Waals surface area (Å²) in [6.45, 7) is 5.53. The Kier molecular flexibility index (Phi) is 4.98. The van der Waals surface area contributed by atoms with E-state index in [1.165, 1.54) is 4.68 Å². The molecule has 0 fully saturated rings. The highest BCUT2D eigenvalue weighted by Gasteiger charge is 2.26. The normalized spacial score (nSPS) is 13.5. The van der Waals surface area contributed by atoms with Crippen molar-refractivity contribution in [2.75, 3.05) is 0 Å². The summed E-state index contributed by atoms with van der Waals surface area (Å²) in [5.41, 5.74) is 6.15. The van der Waals surface area contributed by atoms with Crippen LogP contribution in [-0.4, -0.2) is 24.1 Å². The maximum absolute atomic E-state index is 11.6. The number of hydrogen-bond acceptors (Lipinski definition) is 4. The second kappa shape index (κ2) is 5.92. The van der Waals surface area contributed by atoms with E-state index in [4.69, 9.17) is 16.4 Å². The van der Waals surface area contributed by atoms with Crippen LogP contribution in [0.2, 0.25) is 0 Å². The first-order valence-electron chi connectivity index (χ1n) is 6.04. The van der Waals surface area contributed by atoms with Crippen molar-refractivity contribution in [2.24, 2.45) is 11.7 Å². The Bertz CT molecular complexity index is 580. The molecule has 0 saturated carbocycles. The Labute approximate surface area is 117 Å². The summed E-state index contributed by atoms with van der Waals surface area (Å²) in [7, 11) is 1.62. The molecule has 1 heterocycles. The number of nitrogens with zero attached hydrogens (tertiary/aromatic N) is 2. The van der Waals surface area contributed by atoms with E-state index in [9.17, 15) is 13.2 Å². The van der Waals surface area contributed by atoms with Crippen LogP contribution in [0.4, 0.5) is 0 Å². The van der Waals surface area contributed by atoms with Gasteiger partial charge < -0.3 is 5.73 Å². The van der Waals surface area contributed by atoms with Crippen molar-refractivity contribution >= 4 is 25.6 Å². The maximum atomic E-state index is 11.6. The third-order valence-corrected chi connectivity index (χ3v) is 4.35. The number of amides is 1. The average molecular weight is 308 g/mol. The van der Waals surface area contributed by atoms with Crippen molar-refractivity contribution in [1.82, 2.24) is 9.78 Å². The third-order valence-electron chi connectivity index (χ3n) is 2.92. The first-order chi connectivity index (χ1) is 8.72. The molecule has 0 bridgehead atoms. The molecule has 0 radical (unpaired) electrons. The van der Waals surface area contributed by atoms with Gasteiger partial charge in [0, 0.05) is 10.7 Å². The standard InChI is InChI=1S/C11H18ClN3O3S/c1-4-8-10(19(12,17)18)9(5-2)15(14-8)6-7(3)11(13)16/h7H,4-6H2,1-3H3,(H2,13,16). The molecule has 1 unspecified atom stereocenters. The van der Waals surface area contributed by atoms with Crippen molar-refractivity contribution in [3.05, 3.63) is 11.4 Å². The van der Waals surface area contributed by atoms with Gasteiger partial charge in [0.25, 0.3) is 9.05 Å². The van der Waals surface area contributed by atoms with Gasteiger partial charge in [-0.1, -0.05) is 20.8 Å². The smallest absolute Gasteiger partial charge is 0.264 e. The van der Waals surface area contributed by atoms with Gasteiger partial charge in [0.15, 0.2) is 0 Å². The predicted molar refractivity (Wildman–Crippen MR) is 72.4 cm³/mol. The lowest BCUT2D eigenvalue weighted by Crippen LogP contribution is -2.26. The van der Waals surface area contributed by atoms with Gasteiger partial charge in [-0.3, -0.25) is 9.48 Å². The molecule has 0 spiro atoms. The van der Waals surface area contributed by atoms with Crippen LogP contribution in [0.15, 0.2) is 4.90 Å². The van der Waals surface area contributed by atoms with Crippen LogP contribution >= 0.6 is 10.7 Å². The van der Waals surface area contributed by atoms with E-state index in [1.54, 1.807) is 13.8 Å². The molecule has 1 atom stereocenters. The molecule has 1 amide bonds. The number of primary amides is 1. The zero-order valence-corrected chi connectivity index (χ0v) is 12.8. The summed E-state index contributed by atoms with van der Waals surface area (Å²) in [6, 6.07) is 0. The van der Waals surface area contributed by atoms with Crippen LogP contribution in [0.25, 0.3) is 0 Å². The Balaban J connectivity index is 3.35. The van der Waals surface area contributed by atoms with Crippen molar-refractivity contribution < 1.29 is 13.2 Å². The van der Waals surface area contributed by atoms with Crippen LogP contribution < -0.4 is 5.73 Å². The summed E-state index contributed by atoms with van der Waals surface area (Å²) in [5, 5.41) is 4.23. The predicted octanol–water partition coefficient (Wildman–Crippen LogP) is 1.06. The molecule has 1 aromatic rings. The molecule has 19 heavy (non-hydrogen) atoms. The summed E-state index contributed by atoms with van der Waals surface area (Å²) in [4.78, 5) is 11.2. The fourth-order valence-corrected chi connectivity index (χ4v) is 3.42. The van der Waals surface area contributed by atoms with Crippen LogP contribution in [0.1, 0.15) is 32.2 Å². The largest absolute Gasteiger partial charge is 0.369 e. The number of halogens is 1. The molecular weight excluding hydrogens is 290 g/mol. The van der Waals surface area contributed by atoms with Crippen molar-refractivity contribution in [3.8, 4) is 0 Å². The Morgan fingerprint density at radius 2 is 2.00 bits per heavy atom. The summed E-state index contributed by atoms with van der Waals surface area (Å²) < 4.78 is 24.8. The minimum absolute atomic E-state index is 0.0656. The lowest BCUT2D eigenvalue weighted by molar-refractivity contribution is -0.121. The number of nitrogens with two attached hydrogens (primary N) is 1. The summed E-state index contributed by atoms with van der Waals surface area (Å²) >= 11 is 0. The lowest BCUT2D eigenvalue weighted by Gasteiger charge is -2.10. The first-order valence-corrected chi connectivity index (χ1v) is 8.35. The van der Waals surface area contributed by atoms with E-state index >= 15 is 0 Å².